The summed E-state index contributed by atoms with van der Waals surface area (Å²) in [5.74, 6) is 0.174. The molecule has 5 heteroatoms. The van der Waals surface area contributed by atoms with Crippen molar-refractivity contribution in [2.75, 3.05) is 25.2 Å². The fraction of sp³-hybridized carbons (Fsp3) is 0.500. The summed E-state index contributed by atoms with van der Waals surface area (Å²) in [7, 11) is -2.90. The molecule has 0 aromatic heterocycles. The molecule has 0 aliphatic heterocycles. The molecule has 1 aromatic rings. The molecule has 2 N–H and O–H groups in total. The van der Waals surface area contributed by atoms with Crippen LogP contribution in [-0.2, 0) is 9.84 Å². The van der Waals surface area contributed by atoms with Crippen LogP contribution >= 0.6 is 0 Å². The van der Waals surface area contributed by atoms with Gasteiger partial charge in [0.15, 0.2) is 0 Å². The van der Waals surface area contributed by atoms with Crippen molar-refractivity contribution in [3.05, 3.63) is 35.9 Å². The molecule has 0 saturated carbocycles. The van der Waals surface area contributed by atoms with Crippen molar-refractivity contribution in [1.29, 1.82) is 0 Å². The second-order valence-corrected chi connectivity index (χ2v) is 6.34. The Labute approximate surface area is 103 Å². The first-order chi connectivity index (χ1) is 8.03. The largest absolute Gasteiger partial charge is 0.394 e. The highest BCUT2D eigenvalue weighted by atomic mass is 32.2. The van der Waals surface area contributed by atoms with Crippen LogP contribution in [0.3, 0.4) is 0 Å². The highest BCUT2D eigenvalue weighted by Gasteiger charge is 2.09. The maximum Gasteiger partial charge on any atom is 0.147 e. The fourth-order valence-corrected chi connectivity index (χ4v) is 2.25. The van der Waals surface area contributed by atoms with Gasteiger partial charge in [0.25, 0.3) is 0 Å². The van der Waals surface area contributed by atoms with Crippen molar-refractivity contribution in [2.24, 2.45) is 0 Å². The minimum Gasteiger partial charge on any atom is -0.394 e. The van der Waals surface area contributed by atoms with Gasteiger partial charge in [0.1, 0.15) is 9.84 Å². The van der Waals surface area contributed by atoms with E-state index in [-0.39, 0.29) is 18.4 Å². The van der Waals surface area contributed by atoms with Gasteiger partial charge in [-0.05, 0) is 18.5 Å². The summed E-state index contributed by atoms with van der Waals surface area (Å²) in [5, 5.41) is 12.4. The molecule has 0 aliphatic carbocycles. The molecule has 0 saturated heterocycles. The minimum absolute atomic E-state index is 0.00287. The Bertz CT molecular complexity index is 417. The van der Waals surface area contributed by atoms with Crippen LogP contribution in [0.5, 0.6) is 0 Å². The molecular weight excluding hydrogens is 238 g/mol. The van der Waals surface area contributed by atoms with E-state index in [1.165, 1.54) is 6.26 Å². The van der Waals surface area contributed by atoms with Gasteiger partial charge < -0.3 is 10.4 Å². The SMILES string of the molecule is CS(=O)(=O)CCCNC(CO)c1ccccc1. The fourth-order valence-electron chi connectivity index (χ4n) is 1.58. The van der Waals surface area contributed by atoms with E-state index < -0.39 is 9.84 Å². The quantitative estimate of drug-likeness (QED) is 0.707. The molecule has 0 amide bonds. The average Bonchev–Trinajstić information content (AvgIpc) is 2.29. The molecule has 0 bridgehead atoms. The van der Waals surface area contributed by atoms with Gasteiger partial charge >= 0.3 is 0 Å². The lowest BCUT2D eigenvalue weighted by Crippen LogP contribution is -2.26. The van der Waals surface area contributed by atoms with Gasteiger partial charge in [0.05, 0.1) is 18.4 Å². The van der Waals surface area contributed by atoms with E-state index in [1.807, 2.05) is 30.3 Å². The van der Waals surface area contributed by atoms with Crippen molar-refractivity contribution in [1.82, 2.24) is 5.32 Å². The van der Waals surface area contributed by atoms with Gasteiger partial charge in [-0.2, -0.15) is 0 Å². The predicted molar refractivity (Wildman–Crippen MR) is 68.6 cm³/mol. The summed E-state index contributed by atoms with van der Waals surface area (Å²) in [6, 6.07) is 9.49. The van der Waals surface area contributed by atoms with Gasteiger partial charge in [-0.3, -0.25) is 0 Å². The van der Waals surface area contributed by atoms with E-state index in [4.69, 9.17) is 0 Å². The molecule has 0 fully saturated rings. The zero-order chi connectivity index (χ0) is 12.7. The highest BCUT2D eigenvalue weighted by molar-refractivity contribution is 7.90. The number of nitrogens with one attached hydrogen (secondary N) is 1. The van der Waals surface area contributed by atoms with Crippen molar-refractivity contribution in [2.45, 2.75) is 12.5 Å². The molecule has 1 atom stereocenters. The number of aliphatic hydroxyl groups excluding tert-OH is 1. The maximum absolute atomic E-state index is 10.9. The molecule has 1 unspecified atom stereocenters. The Morgan fingerprint density at radius 2 is 1.94 bits per heavy atom. The molecule has 96 valence electrons. The van der Waals surface area contributed by atoms with Gasteiger partial charge in [0, 0.05) is 6.26 Å². The minimum atomic E-state index is -2.90. The Kier molecular flexibility index (Phi) is 5.61. The first-order valence-corrected chi connectivity index (χ1v) is 7.66. The monoisotopic (exact) mass is 257 g/mol. The molecule has 0 spiro atoms. The topological polar surface area (TPSA) is 66.4 Å². The summed E-state index contributed by atoms with van der Waals surface area (Å²) < 4.78 is 21.9. The van der Waals surface area contributed by atoms with Crippen LogP contribution in [0.4, 0.5) is 0 Å². The van der Waals surface area contributed by atoms with Crippen LogP contribution in [0.25, 0.3) is 0 Å². The smallest absolute Gasteiger partial charge is 0.147 e. The zero-order valence-corrected chi connectivity index (χ0v) is 10.8. The molecule has 0 aliphatic rings. The van der Waals surface area contributed by atoms with Crippen molar-refractivity contribution in [3.63, 3.8) is 0 Å². The molecular formula is C12H19NO3S. The van der Waals surface area contributed by atoms with Gasteiger partial charge in [-0.1, -0.05) is 30.3 Å². The molecule has 0 heterocycles. The van der Waals surface area contributed by atoms with E-state index in [0.717, 1.165) is 5.56 Å². The Morgan fingerprint density at radius 1 is 1.29 bits per heavy atom. The maximum atomic E-state index is 10.9. The van der Waals surface area contributed by atoms with E-state index in [2.05, 4.69) is 5.32 Å². The van der Waals surface area contributed by atoms with E-state index in [0.29, 0.717) is 13.0 Å². The summed E-state index contributed by atoms with van der Waals surface area (Å²) in [6.07, 6.45) is 1.79. The van der Waals surface area contributed by atoms with Crippen LogP contribution in [0.2, 0.25) is 0 Å². The molecule has 1 aromatic carbocycles. The van der Waals surface area contributed by atoms with E-state index >= 15 is 0 Å². The summed E-state index contributed by atoms with van der Waals surface area (Å²) >= 11 is 0. The van der Waals surface area contributed by atoms with Gasteiger partial charge in [0.2, 0.25) is 0 Å². The standard InChI is InChI=1S/C12H19NO3S/c1-17(15,16)9-5-8-13-12(10-14)11-6-3-2-4-7-11/h2-4,6-7,12-14H,5,8-10H2,1H3. The number of hydrogen-bond donors (Lipinski definition) is 2. The first kappa shape index (κ1) is 14.2. The molecule has 1 rings (SSSR count). The highest BCUT2D eigenvalue weighted by Crippen LogP contribution is 2.11. The van der Waals surface area contributed by atoms with Crippen LogP contribution in [0.1, 0.15) is 18.0 Å². The Hall–Kier alpha value is -0.910. The zero-order valence-electron chi connectivity index (χ0n) is 9.96. The third kappa shape index (κ3) is 5.81. The molecule has 17 heavy (non-hydrogen) atoms. The third-order valence-corrected chi connectivity index (χ3v) is 3.50. The van der Waals surface area contributed by atoms with Crippen LogP contribution in [0.15, 0.2) is 30.3 Å². The molecule has 4 nitrogen and oxygen atoms in total. The first-order valence-electron chi connectivity index (χ1n) is 5.60. The van der Waals surface area contributed by atoms with E-state index in [9.17, 15) is 13.5 Å². The summed E-state index contributed by atoms with van der Waals surface area (Å²) in [6.45, 7) is 0.579. The Morgan fingerprint density at radius 3 is 2.47 bits per heavy atom. The van der Waals surface area contributed by atoms with Gasteiger partial charge in [-0.25, -0.2) is 8.42 Å². The second-order valence-electron chi connectivity index (χ2n) is 4.08. The number of hydrogen-bond acceptors (Lipinski definition) is 4. The normalized spacial score (nSPS) is 13.5. The number of sulfone groups is 1. The van der Waals surface area contributed by atoms with Crippen molar-refractivity contribution in [3.8, 4) is 0 Å². The van der Waals surface area contributed by atoms with Crippen molar-refractivity contribution < 1.29 is 13.5 Å². The Balaban J connectivity index is 2.39. The molecule has 0 radical (unpaired) electrons. The van der Waals surface area contributed by atoms with Crippen LogP contribution in [0, 0.1) is 0 Å². The lowest BCUT2D eigenvalue weighted by atomic mass is 10.1. The predicted octanol–water partition coefficient (Wildman–Crippen LogP) is 0.744. The van der Waals surface area contributed by atoms with Crippen molar-refractivity contribution >= 4 is 9.84 Å². The van der Waals surface area contributed by atoms with Crippen LogP contribution < -0.4 is 5.32 Å². The number of rotatable bonds is 7. The number of benzene rings is 1. The lowest BCUT2D eigenvalue weighted by Gasteiger charge is -2.16. The van der Waals surface area contributed by atoms with Gasteiger partial charge in [-0.15, -0.1) is 0 Å². The number of aliphatic hydroxyl groups is 1. The third-order valence-electron chi connectivity index (χ3n) is 2.47. The second kappa shape index (κ2) is 6.74. The van der Waals surface area contributed by atoms with Crippen LogP contribution in [-0.4, -0.2) is 38.7 Å². The summed E-state index contributed by atoms with van der Waals surface area (Å²) in [5.41, 5.74) is 1.01. The van der Waals surface area contributed by atoms with E-state index in [1.54, 1.807) is 0 Å². The summed E-state index contributed by atoms with van der Waals surface area (Å²) in [4.78, 5) is 0. The lowest BCUT2D eigenvalue weighted by molar-refractivity contribution is 0.245. The average molecular weight is 257 g/mol.